The Balaban J connectivity index is 1.13. The van der Waals surface area contributed by atoms with Gasteiger partial charge in [0.25, 0.3) is 0 Å². The van der Waals surface area contributed by atoms with Gasteiger partial charge in [0.1, 0.15) is 0 Å². The number of fused-ring (bicyclic) bond motifs is 12. The molecule has 0 radical (unpaired) electrons. The molecule has 264 valence electrons. The molecule has 0 amide bonds. The van der Waals surface area contributed by atoms with Gasteiger partial charge in [0.2, 0.25) is 0 Å². The number of hydrogen-bond donors (Lipinski definition) is 0. The van der Waals surface area contributed by atoms with Gasteiger partial charge in [-0.1, -0.05) is 188 Å². The lowest BCUT2D eigenvalue weighted by molar-refractivity contribution is 0.796. The van der Waals surface area contributed by atoms with Crippen molar-refractivity contribution in [2.75, 3.05) is 0 Å². The van der Waals surface area contributed by atoms with Crippen LogP contribution in [-0.4, -0.2) is 15.0 Å². The second kappa shape index (κ2) is 12.3. The summed E-state index contributed by atoms with van der Waals surface area (Å²) in [4.78, 5) is 15.8. The van der Waals surface area contributed by atoms with Crippen LogP contribution < -0.4 is 0 Å². The molecule has 1 spiro atoms. The Hall–Kier alpha value is -7.49. The predicted octanol–water partition coefficient (Wildman–Crippen LogP) is 13.2. The van der Waals surface area contributed by atoms with Crippen LogP contribution >= 0.6 is 0 Å². The fraction of sp³-hybridized carbons (Fsp3) is 0.0185. The summed E-state index contributed by atoms with van der Waals surface area (Å²) in [5.74, 6) is 1.93. The molecule has 0 fully saturated rings. The van der Waals surface area contributed by atoms with E-state index in [1.54, 1.807) is 0 Å². The summed E-state index contributed by atoms with van der Waals surface area (Å²) in [6, 6.07) is 72.2. The van der Waals surface area contributed by atoms with Gasteiger partial charge in [0.15, 0.2) is 17.5 Å². The van der Waals surface area contributed by atoms with Crippen LogP contribution in [-0.2, 0) is 5.41 Å². The first-order chi connectivity index (χ1) is 28.3. The Morgan fingerprint density at radius 2 is 0.632 bits per heavy atom. The maximum absolute atomic E-state index is 5.33. The van der Waals surface area contributed by atoms with Crippen molar-refractivity contribution in [2.45, 2.75) is 5.41 Å². The zero-order valence-corrected chi connectivity index (χ0v) is 30.9. The van der Waals surface area contributed by atoms with E-state index in [9.17, 15) is 0 Å². The number of aromatic nitrogens is 3. The van der Waals surface area contributed by atoms with E-state index >= 15 is 0 Å². The van der Waals surface area contributed by atoms with E-state index < -0.39 is 5.41 Å². The third-order valence-electron chi connectivity index (χ3n) is 12.1. The second-order valence-electron chi connectivity index (χ2n) is 15.1. The average molecular weight is 724 g/mol. The molecule has 12 rings (SSSR count). The van der Waals surface area contributed by atoms with Crippen LogP contribution in [0.5, 0.6) is 0 Å². The van der Waals surface area contributed by atoms with Gasteiger partial charge in [-0.2, -0.15) is 0 Å². The van der Waals surface area contributed by atoms with Crippen LogP contribution in [0.1, 0.15) is 22.3 Å². The molecular weight excluding hydrogens is 691 g/mol. The third-order valence-corrected chi connectivity index (χ3v) is 12.1. The SMILES string of the molecule is c1ccc(-c2cccc3c2C2(c4ccccc4-c4ccccc42)c2ccccc2-3)c(-c2nc(-c3ccc4ccccc4c3)nc(-c3ccc4ccccc4c3)n2)c1. The van der Waals surface area contributed by atoms with Crippen LogP contribution in [0.3, 0.4) is 0 Å². The van der Waals surface area contributed by atoms with Crippen LogP contribution in [0.25, 0.3) is 89.1 Å². The summed E-state index contributed by atoms with van der Waals surface area (Å²) >= 11 is 0. The lowest BCUT2D eigenvalue weighted by atomic mass is 9.68. The molecule has 0 N–H and O–H groups in total. The monoisotopic (exact) mass is 723 g/mol. The van der Waals surface area contributed by atoms with E-state index in [4.69, 9.17) is 15.0 Å². The first-order valence-corrected chi connectivity index (χ1v) is 19.5. The molecule has 2 aliphatic rings. The number of rotatable bonds is 4. The molecule has 9 aromatic carbocycles. The van der Waals surface area contributed by atoms with Crippen molar-refractivity contribution in [2.24, 2.45) is 0 Å². The molecule has 0 saturated carbocycles. The lowest BCUT2D eigenvalue weighted by Gasteiger charge is -2.32. The van der Waals surface area contributed by atoms with Crippen LogP contribution in [0.4, 0.5) is 0 Å². The second-order valence-corrected chi connectivity index (χ2v) is 15.1. The molecule has 1 aromatic heterocycles. The molecule has 2 aliphatic carbocycles. The maximum atomic E-state index is 5.33. The zero-order valence-electron chi connectivity index (χ0n) is 30.9. The van der Waals surface area contributed by atoms with E-state index in [2.05, 4.69) is 200 Å². The molecule has 0 atom stereocenters. The number of nitrogens with zero attached hydrogens (tertiary/aromatic N) is 3. The van der Waals surface area contributed by atoms with Gasteiger partial charge >= 0.3 is 0 Å². The standard InChI is InChI=1S/C54H33N3/c1-3-16-36-32-38(30-28-34(36)14-1)51-55-52(39-31-29-35-15-2-4-17-37(35)33-39)57-53(56-51)46-22-6-5-18-40(46)44-23-13-24-45-43-21-9-12-27-49(43)54(50(44)45)47-25-10-7-19-41(47)42-20-8-11-26-48(42)54/h1-33H. The van der Waals surface area contributed by atoms with Crippen LogP contribution in [0.2, 0.25) is 0 Å². The van der Waals surface area contributed by atoms with Crippen molar-refractivity contribution in [1.29, 1.82) is 0 Å². The number of hydrogen-bond acceptors (Lipinski definition) is 3. The molecule has 10 aromatic rings. The number of benzene rings is 9. The van der Waals surface area contributed by atoms with Gasteiger partial charge in [0.05, 0.1) is 5.41 Å². The lowest BCUT2D eigenvalue weighted by Crippen LogP contribution is -2.26. The highest BCUT2D eigenvalue weighted by atomic mass is 15.0. The minimum Gasteiger partial charge on any atom is -0.208 e. The normalized spacial score (nSPS) is 13.1. The minimum absolute atomic E-state index is 0.492. The highest BCUT2D eigenvalue weighted by Gasteiger charge is 2.52. The summed E-state index contributed by atoms with van der Waals surface area (Å²) < 4.78 is 0. The van der Waals surface area contributed by atoms with Crippen molar-refractivity contribution in [3.8, 4) is 67.5 Å². The Labute approximate surface area is 330 Å². The van der Waals surface area contributed by atoms with E-state index in [1.807, 2.05) is 0 Å². The van der Waals surface area contributed by atoms with Crippen LogP contribution in [0.15, 0.2) is 200 Å². The fourth-order valence-electron chi connectivity index (χ4n) is 9.70. The highest BCUT2D eigenvalue weighted by Crippen LogP contribution is 2.64. The Bertz CT molecular complexity index is 3110. The van der Waals surface area contributed by atoms with E-state index in [0.29, 0.717) is 17.5 Å². The Morgan fingerprint density at radius 3 is 1.16 bits per heavy atom. The quantitative estimate of drug-likeness (QED) is 0.181. The molecule has 0 saturated heterocycles. The maximum Gasteiger partial charge on any atom is 0.164 e. The van der Waals surface area contributed by atoms with Gasteiger partial charge < -0.3 is 0 Å². The van der Waals surface area contributed by atoms with E-state index in [1.165, 1.54) is 60.8 Å². The third kappa shape index (κ3) is 4.63. The molecule has 3 nitrogen and oxygen atoms in total. The predicted molar refractivity (Wildman–Crippen MR) is 233 cm³/mol. The molecule has 0 bridgehead atoms. The van der Waals surface area contributed by atoms with Gasteiger partial charge in [0, 0.05) is 16.7 Å². The van der Waals surface area contributed by atoms with E-state index in [0.717, 1.165) is 33.0 Å². The largest absolute Gasteiger partial charge is 0.208 e. The van der Waals surface area contributed by atoms with Crippen LogP contribution in [0, 0.1) is 0 Å². The van der Waals surface area contributed by atoms with Crippen molar-refractivity contribution in [3.63, 3.8) is 0 Å². The topological polar surface area (TPSA) is 38.7 Å². The van der Waals surface area contributed by atoms with Gasteiger partial charge in [-0.05, 0) is 89.3 Å². The Kier molecular flexibility index (Phi) is 6.84. The zero-order chi connectivity index (χ0) is 37.5. The fourth-order valence-corrected chi connectivity index (χ4v) is 9.70. The molecular formula is C54H33N3. The highest BCUT2D eigenvalue weighted by molar-refractivity contribution is 6.00. The van der Waals surface area contributed by atoms with Crippen molar-refractivity contribution >= 4 is 21.5 Å². The smallest absolute Gasteiger partial charge is 0.164 e. The van der Waals surface area contributed by atoms with Crippen molar-refractivity contribution in [3.05, 3.63) is 222 Å². The average Bonchev–Trinajstić information content (AvgIpc) is 3.76. The molecule has 0 unspecified atom stereocenters. The first kappa shape index (κ1) is 31.8. The van der Waals surface area contributed by atoms with E-state index in [-0.39, 0.29) is 0 Å². The van der Waals surface area contributed by atoms with Crippen molar-refractivity contribution < 1.29 is 0 Å². The Morgan fingerprint density at radius 1 is 0.263 bits per heavy atom. The first-order valence-electron chi connectivity index (χ1n) is 19.5. The summed E-state index contributed by atoms with van der Waals surface area (Å²) in [5.41, 5.74) is 15.0. The molecule has 0 aliphatic heterocycles. The molecule has 3 heteroatoms. The summed E-state index contributed by atoms with van der Waals surface area (Å²) in [7, 11) is 0. The van der Waals surface area contributed by atoms with Crippen molar-refractivity contribution in [1.82, 2.24) is 15.0 Å². The minimum atomic E-state index is -0.492. The van der Waals surface area contributed by atoms with Gasteiger partial charge in [-0.25, -0.2) is 15.0 Å². The molecule has 57 heavy (non-hydrogen) atoms. The molecule has 1 heterocycles. The summed E-state index contributed by atoms with van der Waals surface area (Å²) in [5, 5.41) is 4.65. The van der Waals surface area contributed by atoms with Gasteiger partial charge in [-0.15, -0.1) is 0 Å². The summed E-state index contributed by atoms with van der Waals surface area (Å²) in [6.07, 6.45) is 0. The van der Waals surface area contributed by atoms with Gasteiger partial charge in [-0.3, -0.25) is 0 Å². The summed E-state index contributed by atoms with van der Waals surface area (Å²) in [6.45, 7) is 0.